The maximum absolute atomic E-state index is 4.63. The monoisotopic (exact) mass is 284 g/mol. The molecule has 1 aliphatic carbocycles. The van der Waals surface area contributed by atoms with Gasteiger partial charge in [0.15, 0.2) is 0 Å². The molecule has 1 heterocycles. The zero-order chi connectivity index (χ0) is 14.5. The van der Waals surface area contributed by atoms with Crippen LogP contribution in [0.3, 0.4) is 0 Å². The molecule has 0 atom stereocenters. The van der Waals surface area contributed by atoms with Gasteiger partial charge in [0.2, 0.25) is 0 Å². The van der Waals surface area contributed by atoms with Gasteiger partial charge in [0.1, 0.15) is 0 Å². The Morgan fingerprint density at radius 1 is 1.19 bits per heavy atom. The molecule has 0 saturated heterocycles. The van der Waals surface area contributed by atoms with Crippen molar-refractivity contribution in [3.8, 4) is 0 Å². The average molecular weight is 284 g/mol. The van der Waals surface area contributed by atoms with Crippen molar-refractivity contribution in [2.45, 2.75) is 38.3 Å². The molecule has 0 aliphatic heterocycles. The molecule has 21 heavy (non-hydrogen) atoms. The van der Waals surface area contributed by atoms with Crippen molar-refractivity contribution < 1.29 is 0 Å². The van der Waals surface area contributed by atoms with E-state index in [2.05, 4.69) is 27.2 Å². The maximum atomic E-state index is 4.63. The molecule has 1 aliphatic rings. The fraction of sp³-hybridized carbons (Fsp3) is 0.529. The van der Waals surface area contributed by atoms with E-state index in [9.17, 15) is 0 Å². The zero-order valence-corrected chi connectivity index (χ0v) is 12.8. The first-order valence-electron chi connectivity index (χ1n) is 7.94. The number of hydrogen-bond acceptors (Lipinski definition) is 4. The molecule has 0 amide bonds. The normalized spacial score (nSPS) is 16.1. The lowest BCUT2D eigenvalue weighted by Crippen LogP contribution is -2.35. The molecular weight excluding hydrogens is 260 g/mol. The van der Waals surface area contributed by atoms with Crippen molar-refractivity contribution >= 4 is 11.0 Å². The van der Waals surface area contributed by atoms with Crippen molar-refractivity contribution in [2.75, 3.05) is 20.1 Å². The first-order valence-corrected chi connectivity index (χ1v) is 7.94. The summed E-state index contributed by atoms with van der Waals surface area (Å²) in [5.41, 5.74) is 2.94. The van der Waals surface area contributed by atoms with Crippen LogP contribution in [-0.4, -0.2) is 41.0 Å². The Morgan fingerprint density at radius 3 is 2.76 bits per heavy atom. The molecular formula is C17H24N4. The highest BCUT2D eigenvalue weighted by atomic mass is 15.1. The number of hydrogen-bond donors (Lipinski definition) is 1. The molecule has 1 aromatic heterocycles. The van der Waals surface area contributed by atoms with Gasteiger partial charge < -0.3 is 10.2 Å². The summed E-state index contributed by atoms with van der Waals surface area (Å²) >= 11 is 0. The molecule has 0 spiro atoms. The predicted molar refractivity (Wildman–Crippen MR) is 86.1 cm³/mol. The fourth-order valence-corrected chi connectivity index (χ4v) is 3.08. The second-order valence-corrected chi connectivity index (χ2v) is 5.95. The van der Waals surface area contributed by atoms with E-state index in [-0.39, 0.29) is 0 Å². The Hall–Kier alpha value is -1.52. The van der Waals surface area contributed by atoms with Crippen molar-refractivity contribution in [2.24, 2.45) is 0 Å². The lowest BCUT2D eigenvalue weighted by Gasteiger charge is -2.23. The van der Waals surface area contributed by atoms with Gasteiger partial charge in [-0.1, -0.05) is 25.0 Å². The minimum atomic E-state index is 0.788. The van der Waals surface area contributed by atoms with Crippen LogP contribution in [0.4, 0.5) is 0 Å². The number of para-hydroxylation sites is 2. The molecule has 4 heteroatoms. The number of rotatable bonds is 6. The molecule has 112 valence electrons. The summed E-state index contributed by atoms with van der Waals surface area (Å²) in [6, 6.07) is 8.81. The topological polar surface area (TPSA) is 41.0 Å². The second-order valence-electron chi connectivity index (χ2n) is 5.95. The highest BCUT2D eigenvalue weighted by molar-refractivity contribution is 5.73. The first-order chi connectivity index (χ1) is 10.3. The zero-order valence-electron chi connectivity index (χ0n) is 12.8. The minimum absolute atomic E-state index is 0.788. The number of fused-ring (bicyclic) bond motifs is 1. The van der Waals surface area contributed by atoms with E-state index >= 15 is 0 Å². The van der Waals surface area contributed by atoms with E-state index in [0.717, 1.165) is 42.4 Å². The van der Waals surface area contributed by atoms with Crippen LogP contribution in [0.25, 0.3) is 11.0 Å². The fourth-order valence-electron chi connectivity index (χ4n) is 3.08. The predicted octanol–water partition coefficient (Wildman–Crippen LogP) is 2.59. The highest BCUT2D eigenvalue weighted by Gasteiger charge is 2.18. The van der Waals surface area contributed by atoms with Crippen molar-refractivity contribution in [3.63, 3.8) is 0 Å². The van der Waals surface area contributed by atoms with Gasteiger partial charge in [0, 0.05) is 25.7 Å². The highest BCUT2D eigenvalue weighted by Crippen LogP contribution is 2.21. The Balaban J connectivity index is 1.45. The number of aromatic nitrogens is 2. The van der Waals surface area contributed by atoms with Gasteiger partial charge >= 0.3 is 0 Å². The molecule has 2 aromatic rings. The number of likely N-dealkylation sites (N-methyl/N-ethyl adjacent to an activating group) is 1. The van der Waals surface area contributed by atoms with Crippen molar-refractivity contribution in [1.29, 1.82) is 0 Å². The third kappa shape index (κ3) is 3.77. The number of nitrogens with one attached hydrogen (secondary N) is 1. The van der Waals surface area contributed by atoms with Crippen LogP contribution in [0.5, 0.6) is 0 Å². The van der Waals surface area contributed by atoms with Gasteiger partial charge in [-0.25, -0.2) is 4.98 Å². The van der Waals surface area contributed by atoms with Gasteiger partial charge in [-0.2, -0.15) is 0 Å². The average Bonchev–Trinajstić information content (AvgIpc) is 3.06. The van der Waals surface area contributed by atoms with E-state index in [1.54, 1.807) is 0 Å². The Kier molecular flexibility index (Phi) is 4.78. The molecule has 0 bridgehead atoms. The summed E-state index contributed by atoms with van der Waals surface area (Å²) in [6.45, 7) is 2.89. The Bertz CT molecular complexity index is 578. The van der Waals surface area contributed by atoms with E-state index < -0.39 is 0 Å². The molecule has 1 aromatic carbocycles. The smallest absolute Gasteiger partial charge is 0.0890 e. The quantitative estimate of drug-likeness (QED) is 0.828. The minimum Gasteiger partial charge on any atom is -0.310 e. The van der Waals surface area contributed by atoms with Crippen LogP contribution in [0.2, 0.25) is 0 Å². The number of benzene rings is 1. The second kappa shape index (κ2) is 6.96. The summed E-state index contributed by atoms with van der Waals surface area (Å²) < 4.78 is 0. The standard InChI is InChI=1S/C17H24N4/c1-21(15-6-2-3-7-15)11-10-18-12-14-13-19-16-8-4-5-9-17(16)20-14/h4-5,8-9,13,15,18H,2-3,6-7,10-12H2,1H3. The maximum Gasteiger partial charge on any atom is 0.0890 e. The van der Waals surface area contributed by atoms with Crippen LogP contribution in [0.1, 0.15) is 31.4 Å². The largest absolute Gasteiger partial charge is 0.310 e. The molecule has 0 unspecified atom stereocenters. The molecule has 1 N–H and O–H groups in total. The van der Waals surface area contributed by atoms with Crippen LogP contribution in [-0.2, 0) is 6.54 Å². The van der Waals surface area contributed by atoms with Gasteiger partial charge in [0.05, 0.1) is 22.9 Å². The summed E-state index contributed by atoms with van der Waals surface area (Å²) in [6.07, 6.45) is 7.40. The summed E-state index contributed by atoms with van der Waals surface area (Å²) in [5.74, 6) is 0. The Labute approximate surface area is 126 Å². The van der Waals surface area contributed by atoms with Gasteiger partial charge in [-0.3, -0.25) is 4.98 Å². The third-order valence-corrected chi connectivity index (χ3v) is 4.39. The molecule has 1 saturated carbocycles. The molecule has 0 radical (unpaired) electrons. The van der Waals surface area contributed by atoms with Gasteiger partial charge in [-0.15, -0.1) is 0 Å². The lowest BCUT2D eigenvalue weighted by atomic mass is 10.2. The molecule has 1 fully saturated rings. The van der Waals surface area contributed by atoms with Crippen molar-refractivity contribution in [1.82, 2.24) is 20.2 Å². The van der Waals surface area contributed by atoms with Crippen molar-refractivity contribution in [3.05, 3.63) is 36.2 Å². The Morgan fingerprint density at radius 2 is 1.95 bits per heavy atom. The van der Waals surface area contributed by atoms with Gasteiger partial charge in [-0.05, 0) is 32.0 Å². The SMILES string of the molecule is CN(CCNCc1cnc2ccccc2n1)C1CCCC1. The van der Waals surface area contributed by atoms with Crippen LogP contribution < -0.4 is 5.32 Å². The van der Waals surface area contributed by atoms with Crippen LogP contribution in [0, 0.1) is 0 Å². The van der Waals surface area contributed by atoms with Crippen LogP contribution in [0.15, 0.2) is 30.5 Å². The van der Waals surface area contributed by atoms with Crippen LogP contribution >= 0.6 is 0 Å². The summed E-state index contributed by atoms with van der Waals surface area (Å²) in [7, 11) is 2.24. The van der Waals surface area contributed by atoms with E-state index in [1.807, 2.05) is 30.5 Å². The van der Waals surface area contributed by atoms with E-state index in [1.165, 1.54) is 25.7 Å². The molecule has 4 nitrogen and oxygen atoms in total. The third-order valence-electron chi connectivity index (χ3n) is 4.39. The lowest BCUT2D eigenvalue weighted by molar-refractivity contribution is 0.245. The van der Waals surface area contributed by atoms with Gasteiger partial charge in [0.25, 0.3) is 0 Å². The molecule has 3 rings (SSSR count). The summed E-state index contributed by atoms with van der Waals surface area (Å²) in [5, 5.41) is 3.48. The number of nitrogens with zero attached hydrogens (tertiary/aromatic N) is 3. The first kappa shape index (κ1) is 14.4. The van der Waals surface area contributed by atoms with E-state index in [4.69, 9.17) is 0 Å². The van der Waals surface area contributed by atoms with E-state index in [0.29, 0.717) is 0 Å². The summed E-state index contributed by atoms with van der Waals surface area (Å²) in [4.78, 5) is 11.6.